The minimum Gasteiger partial charge on any atom is -0.494 e. The van der Waals surface area contributed by atoms with E-state index in [4.69, 9.17) is 20.9 Å². The number of nitrogens with two attached hydrogens (primary N) is 2. The fourth-order valence-corrected chi connectivity index (χ4v) is 2.18. The first-order valence-corrected chi connectivity index (χ1v) is 8.29. The van der Waals surface area contributed by atoms with Gasteiger partial charge in [0.25, 0.3) is 5.91 Å². The van der Waals surface area contributed by atoms with E-state index in [0.717, 1.165) is 12.2 Å². The minimum absolute atomic E-state index is 0.0604. The Morgan fingerprint density at radius 1 is 0.889 bits per heavy atom. The number of rotatable bonds is 9. The first-order chi connectivity index (χ1) is 12.9. The Hall–Kier alpha value is -3.55. The van der Waals surface area contributed by atoms with Gasteiger partial charge in [0.15, 0.2) is 6.61 Å². The number of carbonyl (C=O) groups excluding carboxylic acids is 3. The van der Waals surface area contributed by atoms with Crippen LogP contribution in [-0.4, -0.2) is 30.9 Å². The van der Waals surface area contributed by atoms with Crippen molar-refractivity contribution in [3.8, 4) is 11.5 Å². The van der Waals surface area contributed by atoms with E-state index in [2.05, 4.69) is 5.32 Å². The molecule has 0 aliphatic rings. The Balaban J connectivity index is 1.97. The average molecular weight is 371 g/mol. The number of primary amides is 2. The fourth-order valence-electron chi connectivity index (χ4n) is 2.18. The lowest BCUT2D eigenvalue weighted by atomic mass is 10.1. The maximum atomic E-state index is 12.1. The maximum Gasteiger partial charge on any atom is 0.262 e. The van der Waals surface area contributed by atoms with Crippen molar-refractivity contribution in [2.24, 2.45) is 11.5 Å². The molecule has 2 rings (SSSR count). The van der Waals surface area contributed by atoms with Crippen molar-refractivity contribution >= 4 is 23.4 Å². The van der Waals surface area contributed by atoms with E-state index in [1.807, 2.05) is 6.92 Å². The van der Waals surface area contributed by atoms with Gasteiger partial charge in [-0.3, -0.25) is 14.4 Å². The van der Waals surface area contributed by atoms with Crippen LogP contribution in [0.4, 0.5) is 5.69 Å². The number of hydrogen-bond acceptors (Lipinski definition) is 5. The van der Waals surface area contributed by atoms with Crippen molar-refractivity contribution in [3.05, 3.63) is 53.6 Å². The highest BCUT2D eigenvalue weighted by Gasteiger charge is 2.11. The fraction of sp³-hybridized carbons (Fsp3) is 0.211. The molecule has 0 radical (unpaired) electrons. The molecule has 0 saturated carbocycles. The molecule has 5 N–H and O–H groups in total. The zero-order valence-electron chi connectivity index (χ0n) is 14.9. The Morgan fingerprint density at radius 2 is 1.41 bits per heavy atom. The lowest BCUT2D eigenvalue weighted by molar-refractivity contribution is -0.118. The zero-order valence-corrected chi connectivity index (χ0v) is 14.9. The summed E-state index contributed by atoms with van der Waals surface area (Å²) in [6, 6.07) is 10.9. The third kappa shape index (κ3) is 6.03. The number of hydrogen-bond donors (Lipinski definition) is 3. The van der Waals surface area contributed by atoms with Crippen molar-refractivity contribution in [2.75, 3.05) is 18.5 Å². The standard InChI is InChI=1S/C19H21N3O5/c1-2-7-26-15-3-5-16(6-4-15)27-11-17(23)22-14-9-12(18(20)24)8-13(10-14)19(21)25/h3-6,8-10H,2,7,11H2,1H3,(H2,20,24)(H2,21,25)(H,22,23). The van der Waals surface area contributed by atoms with Crippen LogP contribution in [0, 0.1) is 0 Å². The molecular weight excluding hydrogens is 350 g/mol. The average Bonchev–Trinajstić information content (AvgIpc) is 2.65. The van der Waals surface area contributed by atoms with Crippen molar-refractivity contribution < 1.29 is 23.9 Å². The quantitative estimate of drug-likeness (QED) is 0.617. The summed E-state index contributed by atoms with van der Waals surface area (Å²) in [6.45, 7) is 2.38. The second kappa shape index (κ2) is 9.23. The molecule has 0 aromatic heterocycles. The molecule has 0 saturated heterocycles. The molecule has 0 aliphatic heterocycles. The monoisotopic (exact) mass is 371 g/mol. The van der Waals surface area contributed by atoms with Crippen molar-refractivity contribution in [2.45, 2.75) is 13.3 Å². The summed E-state index contributed by atoms with van der Waals surface area (Å²) < 4.78 is 10.9. The van der Waals surface area contributed by atoms with Gasteiger partial charge in [-0.15, -0.1) is 0 Å². The molecule has 8 heteroatoms. The van der Waals surface area contributed by atoms with Gasteiger partial charge in [0.05, 0.1) is 6.61 Å². The van der Waals surface area contributed by atoms with Gasteiger partial charge in [0.1, 0.15) is 11.5 Å². The first kappa shape index (κ1) is 19.8. The van der Waals surface area contributed by atoms with E-state index in [-0.39, 0.29) is 23.4 Å². The van der Waals surface area contributed by atoms with Crippen LogP contribution < -0.4 is 26.3 Å². The number of carbonyl (C=O) groups is 3. The van der Waals surface area contributed by atoms with E-state index in [9.17, 15) is 14.4 Å². The number of benzene rings is 2. The topological polar surface area (TPSA) is 134 Å². The number of ether oxygens (including phenoxy) is 2. The number of anilines is 1. The zero-order chi connectivity index (χ0) is 19.8. The third-order valence-electron chi connectivity index (χ3n) is 3.45. The van der Waals surface area contributed by atoms with E-state index >= 15 is 0 Å². The second-order valence-electron chi connectivity index (χ2n) is 5.68. The molecule has 0 atom stereocenters. The number of amides is 3. The molecule has 8 nitrogen and oxygen atoms in total. The van der Waals surface area contributed by atoms with Gasteiger partial charge < -0.3 is 26.3 Å². The third-order valence-corrected chi connectivity index (χ3v) is 3.45. The summed E-state index contributed by atoms with van der Waals surface area (Å²) in [5, 5.41) is 2.54. The molecule has 27 heavy (non-hydrogen) atoms. The highest BCUT2D eigenvalue weighted by atomic mass is 16.5. The van der Waals surface area contributed by atoms with Crippen LogP contribution in [-0.2, 0) is 4.79 Å². The van der Waals surface area contributed by atoms with E-state index in [1.165, 1.54) is 18.2 Å². The molecule has 0 heterocycles. The van der Waals surface area contributed by atoms with Crippen molar-refractivity contribution in [1.82, 2.24) is 0 Å². The molecule has 142 valence electrons. The van der Waals surface area contributed by atoms with Gasteiger partial charge >= 0.3 is 0 Å². The molecule has 0 unspecified atom stereocenters. The molecule has 2 aromatic carbocycles. The lowest BCUT2D eigenvalue weighted by Crippen LogP contribution is -2.22. The molecule has 0 aliphatic carbocycles. The SMILES string of the molecule is CCCOc1ccc(OCC(=O)Nc2cc(C(N)=O)cc(C(N)=O)c2)cc1. The van der Waals surface area contributed by atoms with Crippen molar-refractivity contribution in [3.63, 3.8) is 0 Å². The molecule has 2 aromatic rings. The van der Waals surface area contributed by atoms with Crippen LogP contribution in [0.2, 0.25) is 0 Å². The van der Waals surface area contributed by atoms with Crippen LogP contribution in [0.5, 0.6) is 11.5 Å². The summed E-state index contributed by atoms with van der Waals surface area (Å²) in [4.78, 5) is 34.7. The highest BCUT2D eigenvalue weighted by molar-refractivity contribution is 6.01. The van der Waals surface area contributed by atoms with Crippen LogP contribution in [0.3, 0.4) is 0 Å². The van der Waals surface area contributed by atoms with Crippen LogP contribution in [0.25, 0.3) is 0 Å². The summed E-state index contributed by atoms with van der Waals surface area (Å²) in [5.41, 5.74) is 10.8. The molecular formula is C19H21N3O5. The van der Waals surface area contributed by atoms with Crippen molar-refractivity contribution in [1.29, 1.82) is 0 Å². The van der Waals surface area contributed by atoms with Gasteiger partial charge in [-0.25, -0.2) is 0 Å². The normalized spacial score (nSPS) is 10.1. The molecule has 0 spiro atoms. The Labute approximate surface area is 156 Å². The van der Waals surface area contributed by atoms with E-state index in [0.29, 0.717) is 12.4 Å². The van der Waals surface area contributed by atoms with Gasteiger partial charge in [0.2, 0.25) is 11.8 Å². The first-order valence-electron chi connectivity index (χ1n) is 8.29. The smallest absolute Gasteiger partial charge is 0.262 e. The molecule has 3 amide bonds. The summed E-state index contributed by atoms with van der Waals surface area (Å²) in [7, 11) is 0. The molecule has 0 fully saturated rings. The molecule has 0 bridgehead atoms. The maximum absolute atomic E-state index is 12.1. The predicted molar refractivity (Wildman–Crippen MR) is 99.8 cm³/mol. The Kier molecular flexibility index (Phi) is 6.76. The number of nitrogens with one attached hydrogen (secondary N) is 1. The predicted octanol–water partition coefficient (Wildman–Crippen LogP) is 1.69. The van der Waals surface area contributed by atoms with Gasteiger partial charge in [-0.2, -0.15) is 0 Å². The van der Waals surface area contributed by atoms with E-state index in [1.54, 1.807) is 24.3 Å². The highest BCUT2D eigenvalue weighted by Crippen LogP contribution is 2.18. The lowest BCUT2D eigenvalue weighted by Gasteiger charge is -2.10. The van der Waals surface area contributed by atoms with E-state index < -0.39 is 17.7 Å². The van der Waals surface area contributed by atoms with Gasteiger partial charge in [-0.05, 0) is 48.9 Å². The van der Waals surface area contributed by atoms with Gasteiger partial charge in [0, 0.05) is 16.8 Å². The summed E-state index contributed by atoms with van der Waals surface area (Å²) >= 11 is 0. The Bertz CT molecular complexity index is 801. The van der Waals surface area contributed by atoms with Crippen LogP contribution in [0.15, 0.2) is 42.5 Å². The summed E-state index contributed by atoms with van der Waals surface area (Å²) in [6.07, 6.45) is 0.910. The minimum atomic E-state index is -0.741. The Morgan fingerprint density at radius 3 is 1.89 bits per heavy atom. The second-order valence-corrected chi connectivity index (χ2v) is 5.68. The van der Waals surface area contributed by atoms with Crippen LogP contribution in [0.1, 0.15) is 34.1 Å². The van der Waals surface area contributed by atoms with Gasteiger partial charge in [-0.1, -0.05) is 6.92 Å². The van der Waals surface area contributed by atoms with Crippen LogP contribution >= 0.6 is 0 Å². The summed E-state index contributed by atoms with van der Waals surface area (Å²) in [5.74, 6) is -0.738. The largest absolute Gasteiger partial charge is 0.494 e.